The van der Waals surface area contributed by atoms with Crippen LogP contribution in [0.15, 0.2) is 91.0 Å². The highest BCUT2D eigenvalue weighted by molar-refractivity contribution is 9.09. The van der Waals surface area contributed by atoms with Crippen LogP contribution in [0.5, 0.6) is 0 Å². The van der Waals surface area contributed by atoms with Crippen molar-refractivity contribution in [2.45, 2.75) is 70.4 Å². The van der Waals surface area contributed by atoms with Crippen molar-refractivity contribution in [3.8, 4) is 0 Å². The third-order valence-corrected chi connectivity index (χ3v) is 8.70. The van der Waals surface area contributed by atoms with Gasteiger partial charge in [0.15, 0.2) is 0 Å². The maximum absolute atomic E-state index is 14.7. The van der Waals surface area contributed by atoms with Crippen molar-refractivity contribution in [3.63, 3.8) is 0 Å². The Morgan fingerprint density at radius 3 is 1.72 bits per heavy atom. The Hall–Kier alpha value is -5.57. The van der Waals surface area contributed by atoms with Crippen LogP contribution in [0.3, 0.4) is 0 Å². The lowest BCUT2D eigenvalue weighted by atomic mass is 9.81. The minimum absolute atomic E-state index is 0.0684. The van der Waals surface area contributed by atoms with Crippen LogP contribution in [0.25, 0.3) is 0 Å². The number of imide groups is 1. The molecule has 3 aromatic rings. The number of halogens is 1. The molecule has 0 saturated carbocycles. The number of carbonyl (C=O) groups is 7. The number of nitrogens with zero attached hydrogens (tertiary/aromatic N) is 1. The highest BCUT2D eigenvalue weighted by Gasteiger charge is 2.60. The number of benzene rings is 3. The zero-order chi connectivity index (χ0) is 38.8. The molecule has 3 rings (SSSR count). The number of amides is 4. The summed E-state index contributed by atoms with van der Waals surface area (Å²) in [7, 11) is 0. The Balaban J connectivity index is 2.17. The first-order valence-corrected chi connectivity index (χ1v) is 17.9. The topological polar surface area (TPSA) is 209 Å². The highest BCUT2D eigenvalue weighted by Crippen LogP contribution is 2.33. The molecule has 0 aliphatic carbocycles. The molecule has 0 saturated heterocycles. The number of nitrogens with one attached hydrogen (secondary N) is 1. The summed E-state index contributed by atoms with van der Waals surface area (Å²) in [4.78, 5) is 95.0. The normalized spacial score (nSPS) is 12.9. The number of primary amides is 1. The third kappa shape index (κ3) is 12.3. The SMILES string of the molecule is CCCC(C[C@](C(=O)O)(C(=O)OCc1ccccc1)N(C(=O)OCc1ccccc1)C(=O)[C@H](CCC(N)=O)NC(=O)OCc1ccccc1)C(=O)CBr. The molecule has 0 radical (unpaired) electrons. The molecule has 0 fully saturated rings. The zero-order valence-corrected chi connectivity index (χ0v) is 30.7. The summed E-state index contributed by atoms with van der Waals surface area (Å²) in [6.45, 7) is 0.572. The van der Waals surface area contributed by atoms with Gasteiger partial charge in [-0.25, -0.2) is 24.1 Å². The van der Waals surface area contributed by atoms with Gasteiger partial charge in [-0.1, -0.05) is 120 Å². The van der Waals surface area contributed by atoms with Crippen LogP contribution in [0.2, 0.25) is 0 Å². The van der Waals surface area contributed by atoms with Gasteiger partial charge in [0, 0.05) is 18.8 Å². The molecule has 0 bridgehead atoms. The fourth-order valence-electron chi connectivity index (χ4n) is 5.39. The smallest absolute Gasteiger partial charge is 0.418 e. The number of ketones is 1. The summed E-state index contributed by atoms with van der Waals surface area (Å²) in [5.74, 6) is -7.59. The summed E-state index contributed by atoms with van der Waals surface area (Å²) >= 11 is 3.10. The second-order valence-corrected chi connectivity index (χ2v) is 12.6. The van der Waals surface area contributed by atoms with E-state index in [2.05, 4.69) is 21.2 Å². The van der Waals surface area contributed by atoms with Crippen LogP contribution in [0.1, 0.15) is 55.7 Å². The van der Waals surface area contributed by atoms with E-state index >= 15 is 0 Å². The molecule has 3 atom stereocenters. The first-order chi connectivity index (χ1) is 25.4. The second-order valence-electron chi connectivity index (χ2n) is 12.0. The van der Waals surface area contributed by atoms with Gasteiger partial charge in [-0.3, -0.25) is 14.4 Å². The van der Waals surface area contributed by atoms with Crippen molar-refractivity contribution < 1.29 is 52.9 Å². The standard InChI is InChI=1S/C38H42BrN3O11/c1-2-12-29(31(43)22-39)21-38(34(46)47,35(48)51-23-26-13-6-3-7-14-26)42(37(50)53-25-28-17-10-5-11-18-28)33(45)30(19-20-32(40)44)41-36(49)52-24-27-15-8-4-9-16-27/h3-11,13-18,29-30H,2,12,19-25H2,1H3,(H2,40,44)(H,41,49)(H,46,47)/t29?,30-,38-/m0/s1. The van der Waals surface area contributed by atoms with E-state index in [1.54, 1.807) is 97.9 Å². The molecule has 4 N–H and O–H groups in total. The Labute approximate surface area is 315 Å². The van der Waals surface area contributed by atoms with Crippen LogP contribution in [0.4, 0.5) is 9.59 Å². The predicted octanol–water partition coefficient (Wildman–Crippen LogP) is 5.05. The van der Waals surface area contributed by atoms with Crippen LogP contribution in [-0.4, -0.2) is 68.6 Å². The molecular formula is C38H42BrN3O11. The lowest BCUT2D eigenvalue weighted by molar-refractivity contribution is -0.178. The minimum Gasteiger partial charge on any atom is -0.479 e. The summed E-state index contributed by atoms with van der Waals surface area (Å²) < 4.78 is 16.2. The average molecular weight is 797 g/mol. The largest absolute Gasteiger partial charge is 0.479 e. The number of aliphatic carboxylic acids is 1. The molecule has 3 aromatic carbocycles. The van der Waals surface area contributed by atoms with Crippen LogP contribution >= 0.6 is 15.9 Å². The van der Waals surface area contributed by atoms with E-state index in [4.69, 9.17) is 19.9 Å². The first-order valence-electron chi connectivity index (χ1n) is 16.8. The fourth-order valence-corrected chi connectivity index (χ4v) is 5.85. The number of alkyl carbamates (subject to hydrolysis) is 1. The van der Waals surface area contributed by atoms with Crippen molar-refractivity contribution in [2.24, 2.45) is 11.7 Å². The van der Waals surface area contributed by atoms with Crippen LogP contribution in [-0.2, 0) is 58.0 Å². The Morgan fingerprint density at radius 2 is 1.26 bits per heavy atom. The zero-order valence-electron chi connectivity index (χ0n) is 29.1. The Morgan fingerprint density at radius 1 is 0.774 bits per heavy atom. The van der Waals surface area contributed by atoms with Gasteiger partial charge in [0.2, 0.25) is 11.4 Å². The summed E-state index contributed by atoms with van der Waals surface area (Å²) in [5, 5.41) is 13.1. The van der Waals surface area contributed by atoms with E-state index in [9.17, 15) is 38.7 Å². The predicted molar refractivity (Wildman–Crippen MR) is 194 cm³/mol. The van der Waals surface area contributed by atoms with Gasteiger partial charge in [-0.15, -0.1) is 0 Å². The van der Waals surface area contributed by atoms with E-state index in [1.165, 1.54) is 0 Å². The minimum atomic E-state index is -3.21. The van der Waals surface area contributed by atoms with E-state index in [0.29, 0.717) is 23.1 Å². The van der Waals surface area contributed by atoms with Crippen molar-refractivity contribution >= 4 is 57.7 Å². The maximum Gasteiger partial charge on any atom is 0.418 e. The third-order valence-electron chi connectivity index (χ3n) is 8.14. The van der Waals surface area contributed by atoms with Crippen molar-refractivity contribution in [1.29, 1.82) is 0 Å². The van der Waals surface area contributed by atoms with Gasteiger partial charge >= 0.3 is 24.1 Å². The van der Waals surface area contributed by atoms with Crippen LogP contribution in [0, 0.1) is 5.92 Å². The molecule has 0 aromatic heterocycles. The molecule has 282 valence electrons. The number of carboxylic acid groups (broad SMARTS) is 1. The first kappa shape index (κ1) is 41.8. The van der Waals surface area contributed by atoms with Gasteiger partial charge in [-0.05, 0) is 29.5 Å². The summed E-state index contributed by atoms with van der Waals surface area (Å²) in [5.41, 5.74) is 3.66. The molecule has 0 spiro atoms. The maximum atomic E-state index is 14.7. The number of nitrogens with two attached hydrogens (primary N) is 1. The number of carbonyl (C=O) groups excluding carboxylic acids is 6. The summed E-state index contributed by atoms with van der Waals surface area (Å²) in [6, 6.07) is 23.1. The number of alkyl halides is 1. The van der Waals surface area contributed by atoms with Gasteiger partial charge in [0.05, 0.1) is 5.33 Å². The summed E-state index contributed by atoms with van der Waals surface area (Å²) in [6.07, 6.45) is -4.28. The lowest BCUT2D eigenvalue weighted by Gasteiger charge is -2.39. The molecule has 14 nitrogen and oxygen atoms in total. The number of ether oxygens (including phenoxy) is 3. The molecule has 0 aliphatic rings. The Bertz CT molecular complexity index is 1710. The van der Waals surface area contributed by atoms with Crippen molar-refractivity contribution in [3.05, 3.63) is 108 Å². The number of Topliss-reactive ketones (excluding diaryl/α,β-unsaturated/α-hetero) is 1. The second kappa shape index (κ2) is 21.1. The van der Waals surface area contributed by atoms with Gasteiger partial charge in [-0.2, -0.15) is 0 Å². The lowest BCUT2D eigenvalue weighted by Crippen LogP contribution is -2.68. The van der Waals surface area contributed by atoms with Gasteiger partial charge in [0.25, 0.3) is 5.91 Å². The van der Waals surface area contributed by atoms with E-state index in [0.717, 1.165) is 0 Å². The van der Waals surface area contributed by atoms with Crippen molar-refractivity contribution in [2.75, 3.05) is 5.33 Å². The molecular weight excluding hydrogens is 754 g/mol. The fraction of sp³-hybridized carbons (Fsp3) is 0.342. The van der Waals surface area contributed by atoms with E-state index < -0.39 is 91.7 Å². The molecule has 4 amide bonds. The number of esters is 1. The molecule has 53 heavy (non-hydrogen) atoms. The van der Waals surface area contributed by atoms with E-state index in [-0.39, 0.29) is 23.3 Å². The average Bonchev–Trinajstić information content (AvgIpc) is 3.16. The number of rotatable bonds is 20. The highest BCUT2D eigenvalue weighted by atomic mass is 79.9. The van der Waals surface area contributed by atoms with Crippen molar-refractivity contribution in [1.82, 2.24) is 10.2 Å². The van der Waals surface area contributed by atoms with Gasteiger partial charge < -0.3 is 30.4 Å². The molecule has 0 aliphatic heterocycles. The number of carboxylic acids is 1. The molecule has 1 unspecified atom stereocenters. The number of hydrogen-bond donors (Lipinski definition) is 3. The van der Waals surface area contributed by atoms with Gasteiger partial charge in [0.1, 0.15) is 31.6 Å². The quantitative estimate of drug-likeness (QED) is 0.0597. The molecule has 0 heterocycles. The number of hydrogen-bond acceptors (Lipinski definition) is 10. The molecule has 15 heteroatoms. The van der Waals surface area contributed by atoms with Crippen LogP contribution < -0.4 is 11.1 Å². The Kier molecular flexibility index (Phi) is 16.6. The monoisotopic (exact) mass is 795 g/mol. The van der Waals surface area contributed by atoms with E-state index in [1.807, 2.05) is 0 Å².